The Hall–Kier alpha value is -2.85. The number of carbonyl (C=O) groups is 1. The van der Waals surface area contributed by atoms with Crippen molar-refractivity contribution in [1.82, 2.24) is 10.2 Å². The van der Waals surface area contributed by atoms with Gasteiger partial charge in [0, 0.05) is 20.6 Å². The SMILES string of the molecule is COc1ccc2cc(CNC(C(=O)N(C)C)c3ccccc3)ccc2c1. The number of carbonyl (C=O) groups excluding carboxylic acids is 1. The van der Waals surface area contributed by atoms with Crippen molar-refractivity contribution in [2.45, 2.75) is 12.6 Å². The highest BCUT2D eigenvalue weighted by atomic mass is 16.5. The van der Waals surface area contributed by atoms with Crippen molar-refractivity contribution in [1.29, 1.82) is 0 Å². The minimum atomic E-state index is -0.363. The smallest absolute Gasteiger partial charge is 0.243 e. The lowest BCUT2D eigenvalue weighted by molar-refractivity contribution is -0.131. The predicted molar refractivity (Wildman–Crippen MR) is 105 cm³/mol. The molecule has 0 saturated heterocycles. The molecule has 0 aliphatic heterocycles. The van der Waals surface area contributed by atoms with Crippen LogP contribution in [0.4, 0.5) is 0 Å². The molecule has 1 atom stereocenters. The van der Waals surface area contributed by atoms with Crippen LogP contribution in [-0.2, 0) is 11.3 Å². The fraction of sp³-hybridized carbons (Fsp3) is 0.227. The maximum absolute atomic E-state index is 12.6. The number of methoxy groups -OCH3 is 1. The number of amides is 1. The van der Waals surface area contributed by atoms with Gasteiger partial charge < -0.3 is 9.64 Å². The number of benzene rings is 3. The zero-order chi connectivity index (χ0) is 18.5. The maximum Gasteiger partial charge on any atom is 0.243 e. The molecule has 0 aromatic heterocycles. The molecule has 134 valence electrons. The van der Waals surface area contributed by atoms with Crippen molar-refractivity contribution >= 4 is 16.7 Å². The van der Waals surface area contributed by atoms with E-state index in [4.69, 9.17) is 4.74 Å². The first-order chi connectivity index (χ1) is 12.6. The monoisotopic (exact) mass is 348 g/mol. The first-order valence-corrected chi connectivity index (χ1v) is 8.64. The molecule has 0 spiro atoms. The summed E-state index contributed by atoms with van der Waals surface area (Å²) in [5, 5.41) is 5.69. The number of fused-ring (bicyclic) bond motifs is 1. The number of hydrogen-bond donors (Lipinski definition) is 1. The van der Waals surface area contributed by atoms with Gasteiger partial charge >= 0.3 is 0 Å². The molecule has 3 aromatic rings. The minimum absolute atomic E-state index is 0.0433. The quantitative estimate of drug-likeness (QED) is 0.737. The molecule has 0 aliphatic carbocycles. The van der Waals surface area contributed by atoms with E-state index in [-0.39, 0.29) is 11.9 Å². The Morgan fingerprint density at radius 1 is 1.00 bits per heavy atom. The van der Waals surface area contributed by atoms with E-state index in [0.29, 0.717) is 6.54 Å². The standard InChI is InChI=1S/C22H24N2O2/c1-24(2)22(25)21(17-7-5-4-6-8-17)23-15-16-9-10-19-14-20(26-3)12-11-18(19)13-16/h4-14,21,23H,15H2,1-3H3. The second-order valence-electron chi connectivity index (χ2n) is 6.50. The number of hydrogen-bond acceptors (Lipinski definition) is 3. The average molecular weight is 348 g/mol. The molecule has 0 saturated carbocycles. The summed E-state index contributed by atoms with van der Waals surface area (Å²) in [5.74, 6) is 0.894. The lowest BCUT2D eigenvalue weighted by Gasteiger charge is -2.22. The second kappa shape index (κ2) is 8.02. The summed E-state index contributed by atoms with van der Waals surface area (Å²) in [6.45, 7) is 0.612. The number of nitrogens with zero attached hydrogens (tertiary/aromatic N) is 1. The van der Waals surface area contributed by atoms with E-state index in [1.165, 1.54) is 0 Å². The molecule has 0 bridgehead atoms. The molecular formula is C22H24N2O2. The number of ether oxygens (including phenoxy) is 1. The fourth-order valence-corrected chi connectivity index (χ4v) is 2.98. The molecular weight excluding hydrogens is 324 g/mol. The summed E-state index contributed by atoms with van der Waals surface area (Å²) in [5.41, 5.74) is 2.10. The molecule has 0 fully saturated rings. The van der Waals surface area contributed by atoms with E-state index < -0.39 is 0 Å². The summed E-state index contributed by atoms with van der Waals surface area (Å²) in [6.07, 6.45) is 0. The summed E-state index contributed by atoms with van der Waals surface area (Å²) in [6, 6.07) is 21.8. The molecule has 3 aromatic carbocycles. The summed E-state index contributed by atoms with van der Waals surface area (Å²) < 4.78 is 5.27. The first-order valence-electron chi connectivity index (χ1n) is 8.64. The normalized spacial score (nSPS) is 12.0. The van der Waals surface area contributed by atoms with Crippen molar-refractivity contribution < 1.29 is 9.53 Å². The van der Waals surface area contributed by atoms with E-state index in [0.717, 1.165) is 27.6 Å². The van der Waals surface area contributed by atoms with Crippen LogP contribution in [0.2, 0.25) is 0 Å². The zero-order valence-corrected chi connectivity index (χ0v) is 15.4. The Morgan fingerprint density at radius 3 is 2.38 bits per heavy atom. The highest BCUT2D eigenvalue weighted by Gasteiger charge is 2.21. The lowest BCUT2D eigenvalue weighted by atomic mass is 10.0. The van der Waals surface area contributed by atoms with Gasteiger partial charge in [-0.05, 0) is 40.1 Å². The van der Waals surface area contributed by atoms with Gasteiger partial charge in [-0.15, -0.1) is 0 Å². The highest BCUT2D eigenvalue weighted by molar-refractivity contribution is 5.85. The van der Waals surface area contributed by atoms with Crippen molar-refractivity contribution in [3.63, 3.8) is 0 Å². The number of nitrogens with one attached hydrogen (secondary N) is 1. The molecule has 0 radical (unpaired) electrons. The molecule has 26 heavy (non-hydrogen) atoms. The third-order valence-electron chi connectivity index (χ3n) is 4.44. The van der Waals surface area contributed by atoms with Gasteiger partial charge in [0.05, 0.1) is 7.11 Å². The second-order valence-corrected chi connectivity index (χ2v) is 6.50. The molecule has 1 unspecified atom stereocenters. The van der Waals surface area contributed by atoms with E-state index in [1.807, 2.05) is 42.5 Å². The van der Waals surface area contributed by atoms with Crippen LogP contribution >= 0.6 is 0 Å². The van der Waals surface area contributed by atoms with Crippen molar-refractivity contribution in [3.05, 3.63) is 77.9 Å². The van der Waals surface area contributed by atoms with E-state index in [1.54, 1.807) is 26.1 Å². The zero-order valence-electron chi connectivity index (χ0n) is 15.4. The maximum atomic E-state index is 12.6. The van der Waals surface area contributed by atoms with Gasteiger partial charge in [-0.2, -0.15) is 0 Å². The lowest BCUT2D eigenvalue weighted by Crippen LogP contribution is -2.36. The van der Waals surface area contributed by atoms with Crippen molar-refractivity contribution in [2.75, 3.05) is 21.2 Å². The number of likely N-dealkylation sites (N-methyl/N-ethyl adjacent to an activating group) is 1. The predicted octanol–water partition coefficient (Wildman–Crippen LogP) is 3.77. The van der Waals surface area contributed by atoms with Crippen LogP contribution in [0, 0.1) is 0 Å². The Kier molecular flexibility index (Phi) is 5.54. The third-order valence-corrected chi connectivity index (χ3v) is 4.44. The van der Waals surface area contributed by atoms with Gasteiger partial charge in [-0.3, -0.25) is 10.1 Å². The van der Waals surface area contributed by atoms with E-state index >= 15 is 0 Å². The fourth-order valence-electron chi connectivity index (χ4n) is 2.98. The van der Waals surface area contributed by atoms with E-state index in [9.17, 15) is 4.79 Å². The minimum Gasteiger partial charge on any atom is -0.497 e. The molecule has 0 aliphatic rings. The van der Waals surface area contributed by atoms with Crippen LogP contribution in [0.5, 0.6) is 5.75 Å². The Morgan fingerprint density at radius 2 is 1.69 bits per heavy atom. The van der Waals surface area contributed by atoms with Gasteiger partial charge in [0.25, 0.3) is 0 Å². The molecule has 0 heterocycles. The molecule has 1 amide bonds. The molecule has 3 rings (SSSR count). The Labute approximate surface area is 154 Å². The van der Waals surface area contributed by atoms with Crippen LogP contribution < -0.4 is 10.1 Å². The van der Waals surface area contributed by atoms with Gasteiger partial charge in [0.2, 0.25) is 5.91 Å². The first kappa shape index (κ1) is 18.0. The molecule has 1 N–H and O–H groups in total. The van der Waals surface area contributed by atoms with E-state index in [2.05, 4.69) is 29.6 Å². The van der Waals surface area contributed by atoms with Gasteiger partial charge in [-0.1, -0.05) is 48.5 Å². The topological polar surface area (TPSA) is 41.6 Å². The summed E-state index contributed by atoms with van der Waals surface area (Å²) in [4.78, 5) is 14.2. The highest BCUT2D eigenvalue weighted by Crippen LogP contribution is 2.22. The third kappa shape index (κ3) is 4.03. The molecule has 4 nitrogen and oxygen atoms in total. The molecule has 4 heteroatoms. The Balaban J connectivity index is 1.80. The van der Waals surface area contributed by atoms with Crippen LogP contribution in [0.15, 0.2) is 66.7 Å². The average Bonchev–Trinajstić information content (AvgIpc) is 2.68. The van der Waals surface area contributed by atoms with Crippen LogP contribution in [0.3, 0.4) is 0 Å². The number of rotatable bonds is 6. The van der Waals surface area contributed by atoms with Crippen molar-refractivity contribution in [2.24, 2.45) is 0 Å². The van der Waals surface area contributed by atoms with Crippen LogP contribution in [-0.4, -0.2) is 32.0 Å². The van der Waals surface area contributed by atoms with Crippen molar-refractivity contribution in [3.8, 4) is 5.75 Å². The van der Waals surface area contributed by atoms with Gasteiger partial charge in [-0.25, -0.2) is 0 Å². The van der Waals surface area contributed by atoms with Crippen LogP contribution in [0.25, 0.3) is 10.8 Å². The Bertz CT molecular complexity index is 891. The summed E-state index contributed by atoms with van der Waals surface area (Å²) >= 11 is 0. The van der Waals surface area contributed by atoms with Crippen LogP contribution in [0.1, 0.15) is 17.2 Å². The summed E-state index contributed by atoms with van der Waals surface area (Å²) in [7, 11) is 5.23. The van der Waals surface area contributed by atoms with Gasteiger partial charge in [0.1, 0.15) is 11.8 Å². The van der Waals surface area contributed by atoms with Gasteiger partial charge in [0.15, 0.2) is 0 Å². The largest absolute Gasteiger partial charge is 0.497 e.